The third kappa shape index (κ3) is 6.26. The summed E-state index contributed by atoms with van der Waals surface area (Å²) in [6, 6.07) is 17.1. The molecule has 3 heterocycles. The number of nitrogens with one attached hydrogen (secondary N) is 1. The van der Waals surface area contributed by atoms with Gasteiger partial charge in [-0.3, -0.25) is 4.79 Å². The lowest BCUT2D eigenvalue weighted by molar-refractivity contribution is -0.0893. The second-order valence-corrected chi connectivity index (χ2v) is 11.7. The van der Waals surface area contributed by atoms with Crippen molar-refractivity contribution in [3.63, 3.8) is 0 Å². The van der Waals surface area contributed by atoms with Crippen LogP contribution in [-0.4, -0.2) is 87.3 Å². The van der Waals surface area contributed by atoms with E-state index in [0.717, 1.165) is 41.8 Å². The van der Waals surface area contributed by atoms with Crippen molar-refractivity contribution in [3.05, 3.63) is 72.5 Å². The number of aryl methyl sites for hydroxylation is 1. The molecule has 0 unspecified atom stereocenters. The molecule has 2 aromatic heterocycles. The van der Waals surface area contributed by atoms with E-state index >= 15 is 0 Å². The Hall–Kier alpha value is -4.06. The molecule has 1 saturated heterocycles. The van der Waals surface area contributed by atoms with Crippen LogP contribution in [-0.2, 0) is 4.74 Å². The number of ether oxygens (including phenoxy) is 2. The largest absolute Gasteiger partial charge is 0.494 e. The second-order valence-electron chi connectivity index (χ2n) is 11.7. The van der Waals surface area contributed by atoms with Crippen LogP contribution in [0.1, 0.15) is 54.5 Å². The monoisotopic (exact) mass is 600 g/mol. The highest BCUT2D eigenvalue weighted by molar-refractivity contribution is 5.98. The molecule has 2 N–H and O–H groups in total. The molecule has 6 rings (SSSR count). The highest BCUT2D eigenvalue weighted by atomic mass is 16.5. The zero-order valence-electron chi connectivity index (χ0n) is 25.3. The van der Waals surface area contributed by atoms with Crippen LogP contribution in [0.2, 0.25) is 0 Å². The SMILES string of the molecule is COC[C@]1(O)CCCC[C@H]1n1cnc(C(=O)N2CCNC[C@H]2CCOc2ccc(-c3nnc(C)o3)cc2)c1-c1ccccc1. The number of aromatic nitrogens is 4. The lowest BCUT2D eigenvalue weighted by atomic mass is 9.80. The molecule has 1 aliphatic carbocycles. The van der Waals surface area contributed by atoms with Gasteiger partial charge in [0.15, 0.2) is 5.69 Å². The molecule has 0 bridgehead atoms. The number of imidazole rings is 1. The number of aliphatic hydroxyl groups is 1. The van der Waals surface area contributed by atoms with Gasteiger partial charge in [0.25, 0.3) is 5.91 Å². The van der Waals surface area contributed by atoms with Gasteiger partial charge in [-0.1, -0.05) is 43.2 Å². The first-order valence-electron chi connectivity index (χ1n) is 15.4. The maximum Gasteiger partial charge on any atom is 0.275 e. The van der Waals surface area contributed by atoms with Crippen molar-refractivity contribution in [2.24, 2.45) is 0 Å². The van der Waals surface area contributed by atoms with Crippen LogP contribution in [0.5, 0.6) is 5.75 Å². The number of carbonyl (C=O) groups excluding carboxylic acids is 1. The molecule has 0 spiro atoms. The van der Waals surface area contributed by atoms with Gasteiger partial charge in [0, 0.05) is 57.3 Å². The molecule has 1 aliphatic heterocycles. The zero-order chi connectivity index (χ0) is 30.5. The lowest BCUT2D eigenvalue weighted by Gasteiger charge is -2.41. The minimum atomic E-state index is -1.03. The summed E-state index contributed by atoms with van der Waals surface area (Å²) in [7, 11) is 1.62. The van der Waals surface area contributed by atoms with E-state index in [9.17, 15) is 9.90 Å². The van der Waals surface area contributed by atoms with Crippen LogP contribution in [0, 0.1) is 6.92 Å². The molecular weight excluding hydrogens is 560 g/mol. The van der Waals surface area contributed by atoms with Gasteiger partial charge < -0.3 is 33.8 Å². The topological polar surface area (TPSA) is 128 Å². The van der Waals surface area contributed by atoms with E-state index < -0.39 is 5.60 Å². The first-order chi connectivity index (χ1) is 21.5. The van der Waals surface area contributed by atoms with E-state index in [0.29, 0.717) is 56.6 Å². The number of methoxy groups -OCH3 is 1. The Bertz CT molecular complexity index is 1530. The molecule has 2 aromatic carbocycles. The van der Waals surface area contributed by atoms with Gasteiger partial charge in [0.05, 0.1) is 31.3 Å². The van der Waals surface area contributed by atoms with E-state index in [4.69, 9.17) is 18.9 Å². The summed E-state index contributed by atoms with van der Waals surface area (Å²) in [6.45, 7) is 4.38. The first kappa shape index (κ1) is 30.0. The van der Waals surface area contributed by atoms with Crippen molar-refractivity contribution in [2.75, 3.05) is 40.0 Å². The lowest BCUT2D eigenvalue weighted by Crippen LogP contribution is -2.54. The Morgan fingerprint density at radius 1 is 1.11 bits per heavy atom. The number of hydrogen-bond donors (Lipinski definition) is 2. The third-order valence-electron chi connectivity index (χ3n) is 8.69. The summed E-state index contributed by atoms with van der Waals surface area (Å²) in [5.74, 6) is 1.61. The van der Waals surface area contributed by atoms with Crippen LogP contribution in [0.25, 0.3) is 22.7 Å². The Balaban J connectivity index is 1.20. The first-order valence-corrected chi connectivity index (χ1v) is 15.4. The quantitative estimate of drug-likeness (QED) is 0.274. The molecule has 1 saturated carbocycles. The van der Waals surface area contributed by atoms with Gasteiger partial charge in [-0.15, -0.1) is 10.2 Å². The van der Waals surface area contributed by atoms with E-state index in [-0.39, 0.29) is 24.6 Å². The van der Waals surface area contributed by atoms with Crippen molar-refractivity contribution >= 4 is 5.91 Å². The van der Waals surface area contributed by atoms with Crippen LogP contribution in [0.3, 0.4) is 0 Å². The van der Waals surface area contributed by atoms with Crippen molar-refractivity contribution in [1.29, 1.82) is 0 Å². The number of benzene rings is 2. The molecule has 1 amide bonds. The maximum atomic E-state index is 14.3. The zero-order valence-corrected chi connectivity index (χ0v) is 25.3. The van der Waals surface area contributed by atoms with Crippen LogP contribution in [0.15, 0.2) is 65.3 Å². The summed E-state index contributed by atoms with van der Waals surface area (Å²) in [5, 5.41) is 23.0. The van der Waals surface area contributed by atoms with Gasteiger partial charge in [-0.2, -0.15) is 0 Å². The van der Waals surface area contributed by atoms with Crippen LogP contribution in [0.4, 0.5) is 0 Å². The van der Waals surface area contributed by atoms with Crippen molar-refractivity contribution < 1.29 is 23.8 Å². The Labute approximate surface area is 257 Å². The molecule has 2 fully saturated rings. The molecule has 11 nitrogen and oxygen atoms in total. The van der Waals surface area contributed by atoms with Gasteiger partial charge in [0.1, 0.15) is 11.4 Å². The molecule has 11 heteroatoms. The predicted octanol–water partition coefficient (Wildman–Crippen LogP) is 4.28. The van der Waals surface area contributed by atoms with E-state index in [1.165, 1.54) is 0 Å². The van der Waals surface area contributed by atoms with Gasteiger partial charge in [-0.25, -0.2) is 4.98 Å². The molecule has 3 atom stereocenters. The van der Waals surface area contributed by atoms with Gasteiger partial charge >= 0.3 is 0 Å². The molecule has 0 radical (unpaired) electrons. The summed E-state index contributed by atoms with van der Waals surface area (Å²) >= 11 is 0. The van der Waals surface area contributed by atoms with Gasteiger partial charge in [0.2, 0.25) is 11.8 Å². The predicted molar refractivity (Wildman–Crippen MR) is 164 cm³/mol. The summed E-state index contributed by atoms with van der Waals surface area (Å²) in [5.41, 5.74) is 1.83. The summed E-state index contributed by atoms with van der Waals surface area (Å²) in [6.07, 6.45) is 5.73. The number of carbonyl (C=O) groups is 1. The fourth-order valence-electron chi connectivity index (χ4n) is 6.50. The number of hydrogen-bond acceptors (Lipinski definition) is 9. The standard InChI is InChI=1S/C33H40N6O5/c1-23-36-37-31(44-23)25-11-13-27(14-12-25)43-19-15-26-20-34-17-18-38(26)32(40)29-30(24-8-4-3-5-9-24)39(22-35-29)28-10-6-7-16-33(28,41)21-42-2/h3-5,8-9,11-14,22,26,28,34,41H,6-7,10,15-21H2,1-2H3/t26-,28-,33-/m1/s1. The Morgan fingerprint density at radius 3 is 2.68 bits per heavy atom. The molecule has 2 aliphatic rings. The number of rotatable bonds is 10. The average molecular weight is 601 g/mol. The van der Waals surface area contributed by atoms with Crippen LogP contribution < -0.4 is 10.1 Å². The Kier molecular flexibility index (Phi) is 9.06. The van der Waals surface area contributed by atoms with Crippen molar-refractivity contribution in [2.45, 2.75) is 56.7 Å². The number of piperazine rings is 1. The minimum absolute atomic E-state index is 0.0641. The third-order valence-corrected chi connectivity index (χ3v) is 8.69. The van der Waals surface area contributed by atoms with Crippen molar-refractivity contribution in [1.82, 2.24) is 30.0 Å². The molecule has 44 heavy (non-hydrogen) atoms. The maximum absolute atomic E-state index is 14.3. The highest BCUT2D eigenvalue weighted by Crippen LogP contribution is 2.41. The van der Waals surface area contributed by atoms with E-state index in [1.54, 1.807) is 20.4 Å². The highest BCUT2D eigenvalue weighted by Gasteiger charge is 2.42. The fourth-order valence-corrected chi connectivity index (χ4v) is 6.50. The Morgan fingerprint density at radius 2 is 1.93 bits per heavy atom. The molecular formula is C33H40N6O5. The summed E-state index contributed by atoms with van der Waals surface area (Å²) < 4.78 is 19.0. The fraction of sp³-hybridized carbons (Fsp3) is 0.455. The minimum Gasteiger partial charge on any atom is -0.494 e. The normalized spacial score (nSPS) is 22.2. The molecule has 232 valence electrons. The smallest absolute Gasteiger partial charge is 0.275 e. The van der Waals surface area contributed by atoms with Crippen LogP contribution >= 0.6 is 0 Å². The average Bonchev–Trinajstić information content (AvgIpc) is 3.69. The number of amides is 1. The van der Waals surface area contributed by atoms with Crippen molar-refractivity contribution in [3.8, 4) is 28.5 Å². The number of nitrogens with zero attached hydrogens (tertiary/aromatic N) is 5. The summed E-state index contributed by atoms with van der Waals surface area (Å²) in [4.78, 5) is 20.9. The van der Waals surface area contributed by atoms with E-state index in [1.807, 2.05) is 64.1 Å². The van der Waals surface area contributed by atoms with Gasteiger partial charge in [-0.05, 0) is 37.1 Å². The van der Waals surface area contributed by atoms with E-state index in [2.05, 4.69) is 15.5 Å². The second kappa shape index (κ2) is 13.3. The molecule has 4 aromatic rings.